The number of aryl methyl sites for hydroxylation is 1. The van der Waals surface area contributed by atoms with Crippen molar-refractivity contribution in [2.75, 3.05) is 14.2 Å². The molecular weight excluding hydrogens is 382 g/mol. The van der Waals surface area contributed by atoms with Crippen LogP contribution in [0.3, 0.4) is 0 Å². The minimum absolute atomic E-state index is 0.111. The number of ether oxygens (including phenoxy) is 2. The van der Waals surface area contributed by atoms with Gasteiger partial charge in [0.25, 0.3) is 5.91 Å². The molecule has 0 aliphatic rings. The van der Waals surface area contributed by atoms with Crippen molar-refractivity contribution in [2.45, 2.75) is 19.9 Å². The molecule has 1 atom stereocenters. The first-order valence-electron chi connectivity index (χ1n) is 9.77. The van der Waals surface area contributed by atoms with Crippen LogP contribution in [0.1, 0.15) is 36.2 Å². The first kappa shape index (κ1) is 19.8. The molecule has 1 amide bonds. The van der Waals surface area contributed by atoms with Gasteiger partial charge in [0.2, 0.25) is 0 Å². The average Bonchev–Trinajstić information content (AvgIpc) is 3.33. The summed E-state index contributed by atoms with van der Waals surface area (Å²) in [7, 11) is 5.06. The Labute approximate surface area is 174 Å². The summed E-state index contributed by atoms with van der Waals surface area (Å²) in [6, 6.07) is 10.9. The second-order valence-electron chi connectivity index (χ2n) is 7.50. The van der Waals surface area contributed by atoms with Crippen LogP contribution in [0.25, 0.3) is 16.6 Å². The number of carbonyl (C=O) groups is 1. The van der Waals surface area contributed by atoms with Gasteiger partial charge in [-0.25, -0.2) is 0 Å². The zero-order chi connectivity index (χ0) is 21.4. The minimum atomic E-state index is -0.309. The number of fused-ring (bicyclic) bond motifs is 2. The fourth-order valence-corrected chi connectivity index (χ4v) is 3.79. The zero-order valence-corrected chi connectivity index (χ0v) is 17.7. The smallest absolute Gasteiger partial charge is 0.268 e. The summed E-state index contributed by atoms with van der Waals surface area (Å²) >= 11 is 0. The number of aromatic nitrogens is 4. The SMILES string of the molecule is COc1ccc(OC)c2c1cc(C(=O)N[C@H](c1nnc3ccccn13)C(C)C)n2C. The highest BCUT2D eigenvalue weighted by atomic mass is 16.5. The quantitative estimate of drug-likeness (QED) is 0.530. The van der Waals surface area contributed by atoms with Crippen LogP contribution < -0.4 is 14.8 Å². The lowest BCUT2D eigenvalue weighted by atomic mass is 10.0. The van der Waals surface area contributed by atoms with E-state index in [1.54, 1.807) is 14.2 Å². The van der Waals surface area contributed by atoms with Crippen LogP contribution in [0.2, 0.25) is 0 Å². The van der Waals surface area contributed by atoms with Gasteiger partial charge in [0.15, 0.2) is 11.5 Å². The molecule has 156 valence electrons. The Morgan fingerprint density at radius 2 is 1.80 bits per heavy atom. The molecule has 3 heterocycles. The number of carbonyl (C=O) groups excluding carboxylic acids is 1. The maximum absolute atomic E-state index is 13.3. The molecule has 30 heavy (non-hydrogen) atoms. The predicted octanol–water partition coefficient (Wildman–Crippen LogP) is 3.37. The molecule has 4 aromatic rings. The molecular formula is C22H25N5O3. The molecule has 0 fully saturated rings. The minimum Gasteiger partial charge on any atom is -0.496 e. The molecule has 0 aliphatic carbocycles. The molecule has 3 aromatic heterocycles. The molecule has 1 aromatic carbocycles. The van der Waals surface area contributed by atoms with Crippen molar-refractivity contribution in [3.63, 3.8) is 0 Å². The summed E-state index contributed by atoms with van der Waals surface area (Å²) in [6.07, 6.45) is 1.90. The molecule has 0 radical (unpaired) electrons. The number of rotatable bonds is 6. The van der Waals surface area contributed by atoms with Crippen LogP contribution in [0.5, 0.6) is 11.5 Å². The van der Waals surface area contributed by atoms with Gasteiger partial charge in [0, 0.05) is 18.6 Å². The van der Waals surface area contributed by atoms with Crippen molar-refractivity contribution >= 4 is 22.5 Å². The number of pyridine rings is 1. The molecule has 0 saturated heterocycles. The largest absolute Gasteiger partial charge is 0.496 e. The van der Waals surface area contributed by atoms with E-state index in [1.165, 1.54) is 0 Å². The Bertz CT molecular complexity index is 1220. The van der Waals surface area contributed by atoms with Gasteiger partial charge >= 0.3 is 0 Å². The molecule has 1 N–H and O–H groups in total. The van der Waals surface area contributed by atoms with E-state index in [2.05, 4.69) is 15.5 Å². The number of nitrogens with zero attached hydrogens (tertiary/aromatic N) is 4. The van der Waals surface area contributed by atoms with E-state index < -0.39 is 0 Å². The van der Waals surface area contributed by atoms with E-state index in [9.17, 15) is 4.79 Å². The lowest BCUT2D eigenvalue weighted by Gasteiger charge is -2.21. The molecule has 4 rings (SSSR count). The van der Waals surface area contributed by atoms with Crippen LogP contribution in [0.15, 0.2) is 42.6 Å². The lowest BCUT2D eigenvalue weighted by molar-refractivity contribution is 0.0915. The van der Waals surface area contributed by atoms with E-state index in [4.69, 9.17) is 9.47 Å². The Morgan fingerprint density at radius 1 is 1.07 bits per heavy atom. The van der Waals surface area contributed by atoms with Gasteiger partial charge in [-0.3, -0.25) is 9.20 Å². The summed E-state index contributed by atoms with van der Waals surface area (Å²) < 4.78 is 14.7. The zero-order valence-electron chi connectivity index (χ0n) is 17.7. The van der Waals surface area contributed by atoms with Gasteiger partial charge in [-0.2, -0.15) is 0 Å². The third kappa shape index (κ3) is 3.14. The Morgan fingerprint density at radius 3 is 2.50 bits per heavy atom. The van der Waals surface area contributed by atoms with E-state index in [-0.39, 0.29) is 17.9 Å². The maximum atomic E-state index is 13.3. The van der Waals surface area contributed by atoms with Crippen molar-refractivity contribution in [3.05, 3.63) is 54.1 Å². The first-order valence-corrected chi connectivity index (χ1v) is 9.77. The van der Waals surface area contributed by atoms with Gasteiger partial charge in [-0.1, -0.05) is 19.9 Å². The third-order valence-corrected chi connectivity index (χ3v) is 5.36. The number of hydrogen-bond donors (Lipinski definition) is 1. The van der Waals surface area contributed by atoms with Crippen LogP contribution >= 0.6 is 0 Å². The molecule has 0 saturated carbocycles. The van der Waals surface area contributed by atoms with Gasteiger partial charge < -0.3 is 19.4 Å². The van der Waals surface area contributed by atoms with E-state index in [0.717, 1.165) is 16.6 Å². The molecule has 0 aliphatic heterocycles. The molecule has 0 unspecified atom stereocenters. The Kier molecular flexibility index (Phi) is 5.07. The highest BCUT2D eigenvalue weighted by molar-refractivity contribution is 6.02. The number of nitrogens with one attached hydrogen (secondary N) is 1. The second kappa shape index (κ2) is 7.70. The standard InChI is InChI=1S/C22H25N5O3/c1-13(2)19(21-25-24-18-8-6-7-11-27(18)21)23-22(28)15-12-14-16(29-4)9-10-17(30-5)20(14)26(15)3/h6-13,19H,1-5H3,(H,23,28)/t19-/m0/s1. The van der Waals surface area contributed by atoms with Crippen LogP contribution in [0.4, 0.5) is 0 Å². The highest BCUT2D eigenvalue weighted by Crippen LogP contribution is 2.35. The van der Waals surface area contributed by atoms with Crippen LogP contribution in [0, 0.1) is 5.92 Å². The van der Waals surface area contributed by atoms with Gasteiger partial charge in [0.05, 0.1) is 25.8 Å². The summed E-state index contributed by atoms with van der Waals surface area (Å²) in [5, 5.41) is 12.5. The molecule has 0 spiro atoms. The predicted molar refractivity (Wildman–Crippen MR) is 114 cm³/mol. The molecule has 8 heteroatoms. The second-order valence-corrected chi connectivity index (χ2v) is 7.50. The summed E-state index contributed by atoms with van der Waals surface area (Å²) in [5.41, 5.74) is 2.05. The van der Waals surface area contributed by atoms with E-state index in [0.29, 0.717) is 23.0 Å². The fraction of sp³-hybridized carbons (Fsp3) is 0.318. The summed E-state index contributed by atoms with van der Waals surface area (Å²) in [6.45, 7) is 4.09. The van der Waals surface area contributed by atoms with Gasteiger partial charge in [-0.05, 0) is 36.2 Å². The van der Waals surface area contributed by atoms with Crippen molar-refractivity contribution < 1.29 is 14.3 Å². The van der Waals surface area contributed by atoms with Gasteiger partial charge in [0.1, 0.15) is 17.2 Å². The third-order valence-electron chi connectivity index (χ3n) is 5.36. The van der Waals surface area contributed by atoms with Crippen molar-refractivity contribution in [2.24, 2.45) is 13.0 Å². The normalized spacial score (nSPS) is 12.5. The number of benzene rings is 1. The van der Waals surface area contributed by atoms with Crippen molar-refractivity contribution in [3.8, 4) is 11.5 Å². The maximum Gasteiger partial charge on any atom is 0.268 e. The highest BCUT2D eigenvalue weighted by Gasteiger charge is 2.26. The fourth-order valence-electron chi connectivity index (χ4n) is 3.79. The number of hydrogen-bond acceptors (Lipinski definition) is 5. The average molecular weight is 407 g/mol. The number of methoxy groups -OCH3 is 2. The topological polar surface area (TPSA) is 82.7 Å². The lowest BCUT2D eigenvalue weighted by Crippen LogP contribution is -2.34. The van der Waals surface area contributed by atoms with E-state index >= 15 is 0 Å². The molecule has 0 bridgehead atoms. The number of amides is 1. The van der Waals surface area contributed by atoms with Gasteiger partial charge in [-0.15, -0.1) is 10.2 Å². The first-order chi connectivity index (χ1) is 14.5. The van der Waals surface area contributed by atoms with Crippen molar-refractivity contribution in [1.82, 2.24) is 24.5 Å². The summed E-state index contributed by atoms with van der Waals surface area (Å²) in [4.78, 5) is 13.3. The molecule has 8 nitrogen and oxygen atoms in total. The summed E-state index contributed by atoms with van der Waals surface area (Å²) in [5.74, 6) is 1.97. The van der Waals surface area contributed by atoms with Crippen LogP contribution in [-0.2, 0) is 7.05 Å². The Balaban J connectivity index is 1.75. The van der Waals surface area contributed by atoms with Crippen molar-refractivity contribution in [1.29, 1.82) is 0 Å². The monoisotopic (exact) mass is 407 g/mol. The van der Waals surface area contributed by atoms with Crippen LogP contribution in [-0.4, -0.2) is 39.3 Å². The Hall–Kier alpha value is -3.55. The van der Waals surface area contributed by atoms with E-state index in [1.807, 2.05) is 72.5 Å².